The molecule has 1 saturated heterocycles. The molecule has 1 amide bonds. The van der Waals surface area contributed by atoms with Crippen LogP contribution in [-0.2, 0) is 6.42 Å². The minimum atomic E-state index is -0.188. The van der Waals surface area contributed by atoms with Crippen LogP contribution in [0.2, 0.25) is 10.0 Å². The summed E-state index contributed by atoms with van der Waals surface area (Å²) in [4.78, 5) is 14.7. The minimum Gasteiger partial charge on any atom is -0.505 e. The Morgan fingerprint density at radius 3 is 2.48 bits per heavy atom. The Morgan fingerprint density at radius 2 is 1.83 bits per heavy atom. The zero-order valence-electron chi connectivity index (χ0n) is 12.5. The molecule has 1 aliphatic rings. The van der Waals surface area contributed by atoms with Crippen molar-refractivity contribution in [3.8, 4) is 5.75 Å². The average Bonchev–Trinajstić information content (AvgIpc) is 3.00. The summed E-state index contributed by atoms with van der Waals surface area (Å²) in [6.07, 6.45) is 2.81. The van der Waals surface area contributed by atoms with Gasteiger partial charge in [-0.15, -0.1) is 0 Å². The SMILES string of the molecule is O=C(c1cc(Cl)c(O)c(Cl)c1)N1CCC[C@@H]1Cc1ccccc1. The Balaban J connectivity index is 1.81. The molecule has 0 unspecified atom stereocenters. The summed E-state index contributed by atoms with van der Waals surface area (Å²) >= 11 is 11.9. The van der Waals surface area contributed by atoms with Gasteiger partial charge in [0.15, 0.2) is 5.75 Å². The summed E-state index contributed by atoms with van der Waals surface area (Å²) in [7, 11) is 0. The second-order valence-corrected chi connectivity index (χ2v) is 6.59. The predicted octanol–water partition coefficient (Wildman–Crippen LogP) is 4.55. The van der Waals surface area contributed by atoms with Crippen LogP contribution >= 0.6 is 23.2 Å². The number of halogens is 2. The standard InChI is InChI=1S/C18H17Cl2NO2/c19-15-10-13(11-16(20)17(15)22)18(23)21-8-4-7-14(21)9-12-5-2-1-3-6-12/h1-3,5-6,10-11,14,22H,4,7-9H2/t14-/m1/s1. The number of carbonyl (C=O) groups excluding carboxylic acids is 1. The van der Waals surface area contributed by atoms with Crippen molar-refractivity contribution < 1.29 is 9.90 Å². The van der Waals surface area contributed by atoms with Crippen molar-refractivity contribution in [2.24, 2.45) is 0 Å². The van der Waals surface area contributed by atoms with Crippen molar-refractivity contribution in [3.63, 3.8) is 0 Å². The Hall–Kier alpha value is -1.71. The number of nitrogens with zero attached hydrogens (tertiary/aromatic N) is 1. The fraction of sp³-hybridized carbons (Fsp3) is 0.278. The van der Waals surface area contributed by atoms with Gasteiger partial charge in [0.25, 0.3) is 5.91 Å². The number of aromatic hydroxyl groups is 1. The van der Waals surface area contributed by atoms with Gasteiger partial charge >= 0.3 is 0 Å². The van der Waals surface area contributed by atoms with E-state index in [1.807, 2.05) is 23.1 Å². The second-order valence-electron chi connectivity index (χ2n) is 5.77. The smallest absolute Gasteiger partial charge is 0.254 e. The molecule has 3 rings (SSSR count). The van der Waals surface area contributed by atoms with Gasteiger partial charge in [-0.25, -0.2) is 0 Å². The van der Waals surface area contributed by atoms with Crippen LogP contribution < -0.4 is 0 Å². The summed E-state index contributed by atoms with van der Waals surface area (Å²) in [5.74, 6) is -0.278. The third-order valence-electron chi connectivity index (χ3n) is 4.22. The number of hydrogen-bond donors (Lipinski definition) is 1. The number of rotatable bonds is 3. The van der Waals surface area contributed by atoms with Gasteiger partial charge in [-0.05, 0) is 37.0 Å². The van der Waals surface area contributed by atoms with E-state index in [2.05, 4.69) is 12.1 Å². The molecule has 1 heterocycles. The maximum Gasteiger partial charge on any atom is 0.254 e. The van der Waals surface area contributed by atoms with E-state index in [1.165, 1.54) is 17.7 Å². The van der Waals surface area contributed by atoms with Crippen molar-refractivity contribution >= 4 is 29.1 Å². The van der Waals surface area contributed by atoms with Gasteiger partial charge in [0.2, 0.25) is 0 Å². The topological polar surface area (TPSA) is 40.5 Å². The van der Waals surface area contributed by atoms with Crippen molar-refractivity contribution in [3.05, 3.63) is 63.6 Å². The molecule has 0 aliphatic carbocycles. The maximum absolute atomic E-state index is 12.8. The Bertz CT molecular complexity index is 695. The lowest BCUT2D eigenvalue weighted by Crippen LogP contribution is -2.36. The van der Waals surface area contributed by atoms with Crippen LogP contribution in [0.4, 0.5) is 0 Å². The van der Waals surface area contributed by atoms with E-state index in [4.69, 9.17) is 23.2 Å². The summed E-state index contributed by atoms with van der Waals surface area (Å²) in [5.41, 5.74) is 1.64. The Morgan fingerprint density at radius 1 is 1.17 bits per heavy atom. The summed E-state index contributed by atoms with van der Waals surface area (Å²) in [5, 5.41) is 9.83. The number of phenolic OH excluding ortho intramolecular Hbond substituents is 1. The van der Waals surface area contributed by atoms with E-state index in [0.717, 1.165) is 25.8 Å². The normalized spacial score (nSPS) is 17.5. The van der Waals surface area contributed by atoms with E-state index < -0.39 is 0 Å². The molecule has 1 aliphatic heterocycles. The highest BCUT2D eigenvalue weighted by Crippen LogP contribution is 2.34. The number of hydrogen-bond acceptors (Lipinski definition) is 2. The highest BCUT2D eigenvalue weighted by Gasteiger charge is 2.30. The Kier molecular flexibility index (Phi) is 4.79. The molecule has 0 saturated carbocycles. The monoisotopic (exact) mass is 349 g/mol. The zero-order chi connectivity index (χ0) is 16.4. The molecule has 1 N–H and O–H groups in total. The fourth-order valence-electron chi connectivity index (χ4n) is 3.06. The lowest BCUT2D eigenvalue weighted by atomic mass is 10.0. The second kappa shape index (κ2) is 6.81. The molecule has 0 bridgehead atoms. The van der Waals surface area contributed by atoms with E-state index >= 15 is 0 Å². The van der Waals surface area contributed by atoms with E-state index in [0.29, 0.717) is 5.56 Å². The molecule has 3 nitrogen and oxygen atoms in total. The molecule has 0 aromatic heterocycles. The van der Waals surface area contributed by atoms with E-state index in [1.54, 1.807) is 0 Å². The van der Waals surface area contributed by atoms with Crippen LogP contribution in [0.3, 0.4) is 0 Å². The number of carbonyl (C=O) groups is 1. The highest BCUT2D eigenvalue weighted by atomic mass is 35.5. The van der Waals surface area contributed by atoms with Crippen molar-refractivity contribution in [1.29, 1.82) is 0 Å². The van der Waals surface area contributed by atoms with Crippen LogP contribution in [0.15, 0.2) is 42.5 Å². The van der Waals surface area contributed by atoms with Crippen molar-refractivity contribution in [2.75, 3.05) is 6.54 Å². The van der Waals surface area contributed by atoms with Crippen molar-refractivity contribution in [2.45, 2.75) is 25.3 Å². The summed E-state index contributed by atoms with van der Waals surface area (Å²) < 4.78 is 0. The van der Waals surface area contributed by atoms with Crippen LogP contribution in [0.1, 0.15) is 28.8 Å². The molecule has 0 spiro atoms. The molecule has 120 valence electrons. The van der Waals surface area contributed by atoms with Gasteiger partial charge in [0.1, 0.15) is 0 Å². The molecule has 1 fully saturated rings. The van der Waals surface area contributed by atoms with Crippen LogP contribution in [-0.4, -0.2) is 28.5 Å². The van der Waals surface area contributed by atoms with E-state index in [9.17, 15) is 9.90 Å². The number of phenols is 1. The van der Waals surface area contributed by atoms with Gasteiger partial charge in [0.05, 0.1) is 10.0 Å². The molecule has 2 aromatic carbocycles. The largest absolute Gasteiger partial charge is 0.505 e. The van der Waals surface area contributed by atoms with Crippen LogP contribution in [0.25, 0.3) is 0 Å². The first-order chi connectivity index (χ1) is 11.1. The van der Waals surface area contributed by atoms with Gasteiger partial charge in [-0.1, -0.05) is 53.5 Å². The third kappa shape index (κ3) is 3.46. The van der Waals surface area contributed by atoms with Gasteiger partial charge in [-0.3, -0.25) is 4.79 Å². The molecule has 0 radical (unpaired) electrons. The maximum atomic E-state index is 12.8. The fourth-order valence-corrected chi connectivity index (χ4v) is 3.54. The minimum absolute atomic E-state index is 0.0905. The highest BCUT2D eigenvalue weighted by molar-refractivity contribution is 6.37. The number of likely N-dealkylation sites (tertiary alicyclic amines) is 1. The van der Waals surface area contributed by atoms with Gasteiger partial charge < -0.3 is 10.0 Å². The first kappa shape index (κ1) is 16.2. The summed E-state index contributed by atoms with van der Waals surface area (Å²) in [6.45, 7) is 0.729. The summed E-state index contributed by atoms with van der Waals surface area (Å²) in [6, 6.07) is 13.3. The molecular formula is C18H17Cl2NO2. The molecular weight excluding hydrogens is 333 g/mol. The molecule has 5 heteroatoms. The molecule has 2 aromatic rings. The number of amides is 1. The lowest BCUT2D eigenvalue weighted by molar-refractivity contribution is 0.0736. The van der Waals surface area contributed by atoms with Crippen LogP contribution in [0.5, 0.6) is 5.75 Å². The first-order valence-corrected chi connectivity index (χ1v) is 8.35. The van der Waals surface area contributed by atoms with Crippen LogP contribution in [0, 0.1) is 0 Å². The average molecular weight is 350 g/mol. The van der Waals surface area contributed by atoms with Crippen molar-refractivity contribution in [1.82, 2.24) is 4.90 Å². The van der Waals surface area contributed by atoms with Gasteiger partial charge in [-0.2, -0.15) is 0 Å². The molecule has 1 atom stereocenters. The molecule has 23 heavy (non-hydrogen) atoms. The lowest BCUT2D eigenvalue weighted by Gasteiger charge is -2.25. The van der Waals surface area contributed by atoms with Gasteiger partial charge in [0, 0.05) is 18.2 Å². The predicted molar refractivity (Wildman–Crippen MR) is 92.3 cm³/mol. The first-order valence-electron chi connectivity index (χ1n) is 7.59. The Labute approximate surface area is 145 Å². The third-order valence-corrected chi connectivity index (χ3v) is 4.79. The number of benzene rings is 2. The quantitative estimate of drug-likeness (QED) is 0.883. The van der Waals surface area contributed by atoms with E-state index in [-0.39, 0.29) is 27.7 Å². The zero-order valence-corrected chi connectivity index (χ0v) is 14.0.